The van der Waals surface area contributed by atoms with E-state index in [0.29, 0.717) is 5.92 Å². The summed E-state index contributed by atoms with van der Waals surface area (Å²) in [6.07, 6.45) is 4.12. The molecule has 1 aliphatic carbocycles. The van der Waals surface area contributed by atoms with Crippen LogP contribution >= 0.6 is 0 Å². The van der Waals surface area contributed by atoms with Gasteiger partial charge in [-0.15, -0.1) is 0 Å². The number of hydrogen-bond acceptors (Lipinski definition) is 2. The summed E-state index contributed by atoms with van der Waals surface area (Å²) >= 11 is 0. The molecule has 92 valence electrons. The minimum absolute atomic E-state index is 0.0694. The standard InChI is InChI=1S/C15H20O2/c16-14-8-6-13(7-9-14)15(10-17-11-15)12-4-2-1-3-5-12/h1-5,13-14,16H,6-11H2. The summed E-state index contributed by atoms with van der Waals surface area (Å²) in [5.74, 6) is 0.682. The highest BCUT2D eigenvalue weighted by atomic mass is 16.5. The van der Waals surface area contributed by atoms with Crippen LogP contribution in [0.1, 0.15) is 31.2 Å². The van der Waals surface area contributed by atoms with E-state index in [1.807, 2.05) is 0 Å². The molecule has 0 atom stereocenters. The molecule has 0 bridgehead atoms. The third-order valence-electron chi connectivity index (χ3n) is 4.55. The van der Waals surface area contributed by atoms with Crippen molar-refractivity contribution in [3.63, 3.8) is 0 Å². The van der Waals surface area contributed by atoms with Crippen LogP contribution in [-0.4, -0.2) is 24.4 Å². The van der Waals surface area contributed by atoms with E-state index in [0.717, 1.165) is 38.9 Å². The first kappa shape index (κ1) is 11.2. The first-order valence-corrected chi connectivity index (χ1v) is 6.63. The van der Waals surface area contributed by atoms with Gasteiger partial charge in [0.25, 0.3) is 0 Å². The van der Waals surface area contributed by atoms with Crippen molar-refractivity contribution >= 4 is 0 Å². The normalized spacial score (nSPS) is 31.8. The lowest BCUT2D eigenvalue weighted by Crippen LogP contribution is -2.53. The van der Waals surface area contributed by atoms with Gasteiger partial charge in [0.05, 0.1) is 19.3 Å². The average Bonchev–Trinajstić information content (AvgIpc) is 2.32. The Balaban J connectivity index is 1.83. The molecule has 3 rings (SSSR count). The molecular formula is C15H20O2. The molecule has 0 amide bonds. The highest BCUT2D eigenvalue weighted by Crippen LogP contribution is 2.45. The third-order valence-corrected chi connectivity index (χ3v) is 4.55. The fourth-order valence-corrected chi connectivity index (χ4v) is 3.36. The Morgan fingerprint density at radius 3 is 2.18 bits per heavy atom. The minimum atomic E-state index is -0.0694. The van der Waals surface area contributed by atoms with E-state index in [1.165, 1.54) is 5.56 Å². The van der Waals surface area contributed by atoms with Crippen molar-refractivity contribution in [2.45, 2.75) is 37.2 Å². The molecule has 1 heterocycles. The Bertz CT molecular complexity index is 362. The molecule has 0 spiro atoms. The van der Waals surface area contributed by atoms with Gasteiger partial charge in [0.1, 0.15) is 0 Å². The van der Waals surface area contributed by atoms with Gasteiger partial charge in [0.15, 0.2) is 0 Å². The first-order valence-electron chi connectivity index (χ1n) is 6.63. The van der Waals surface area contributed by atoms with E-state index in [1.54, 1.807) is 0 Å². The van der Waals surface area contributed by atoms with Gasteiger partial charge < -0.3 is 9.84 Å². The number of hydrogen-bond donors (Lipinski definition) is 1. The topological polar surface area (TPSA) is 29.5 Å². The minimum Gasteiger partial charge on any atom is -0.393 e. The van der Waals surface area contributed by atoms with Crippen LogP contribution in [0.15, 0.2) is 30.3 Å². The Kier molecular flexibility index (Phi) is 2.93. The molecular weight excluding hydrogens is 212 g/mol. The summed E-state index contributed by atoms with van der Waals surface area (Å²) in [5, 5.41) is 9.62. The monoisotopic (exact) mass is 232 g/mol. The van der Waals surface area contributed by atoms with Crippen LogP contribution in [-0.2, 0) is 10.2 Å². The summed E-state index contributed by atoms with van der Waals surface area (Å²) < 4.78 is 5.51. The van der Waals surface area contributed by atoms with Crippen molar-refractivity contribution in [3.8, 4) is 0 Å². The number of rotatable bonds is 2. The third kappa shape index (κ3) is 1.90. The molecule has 1 saturated carbocycles. The molecule has 2 heteroatoms. The maximum atomic E-state index is 9.62. The summed E-state index contributed by atoms with van der Waals surface area (Å²) in [5.41, 5.74) is 1.66. The van der Waals surface area contributed by atoms with Crippen molar-refractivity contribution in [2.75, 3.05) is 13.2 Å². The van der Waals surface area contributed by atoms with Crippen LogP contribution in [0.2, 0.25) is 0 Å². The Morgan fingerprint density at radius 2 is 1.65 bits per heavy atom. The van der Waals surface area contributed by atoms with E-state index in [2.05, 4.69) is 30.3 Å². The lowest BCUT2D eigenvalue weighted by molar-refractivity contribution is -0.103. The fraction of sp³-hybridized carbons (Fsp3) is 0.600. The maximum absolute atomic E-state index is 9.62. The summed E-state index contributed by atoms with van der Waals surface area (Å²) in [7, 11) is 0. The van der Waals surface area contributed by atoms with Crippen molar-refractivity contribution in [1.29, 1.82) is 0 Å². The molecule has 0 unspecified atom stereocenters. The molecule has 2 nitrogen and oxygen atoms in total. The highest BCUT2D eigenvalue weighted by Gasteiger charge is 2.47. The zero-order valence-electron chi connectivity index (χ0n) is 10.1. The molecule has 0 aromatic heterocycles. The van der Waals surface area contributed by atoms with E-state index in [-0.39, 0.29) is 11.5 Å². The van der Waals surface area contributed by atoms with Crippen molar-refractivity contribution < 1.29 is 9.84 Å². The van der Waals surface area contributed by atoms with Crippen LogP contribution in [0.3, 0.4) is 0 Å². The van der Waals surface area contributed by atoms with Gasteiger partial charge in [0.2, 0.25) is 0 Å². The zero-order chi connectivity index (χ0) is 11.7. The molecule has 0 radical (unpaired) electrons. The summed E-state index contributed by atoms with van der Waals surface area (Å²) in [4.78, 5) is 0. The van der Waals surface area contributed by atoms with Crippen molar-refractivity contribution in [2.24, 2.45) is 5.92 Å². The molecule has 17 heavy (non-hydrogen) atoms. The van der Waals surface area contributed by atoms with Gasteiger partial charge in [-0.25, -0.2) is 0 Å². The average molecular weight is 232 g/mol. The molecule has 1 aromatic carbocycles. The molecule has 1 N–H and O–H groups in total. The zero-order valence-corrected chi connectivity index (χ0v) is 10.1. The van der Waals surface area contributed by atoms with Crippen LogP contribution in [0.25, 0.3) is 0 Å². The van der Waals surface area contributed by atoms with E-state index >= 15 is 0 Å². The lowest BCUT2D eigenvalue weighted by Gasteiger charge is -2.49. The predicted octanol–water partition coefficient (Wildman–Crippen LogP) is 2.51. The van der Waals surface area contributed by atoms with Crippen LogP contribution in [0.4, 0.5) is 0 Å². The number of benzene rings is 1. The van der Waals surface area contributed by atoms with Gasteiger partial charge in [-0.3, -0.25) is 0 Å². The second-order valence-electron chi connectivity index (χ2n) is 5.52. The molecule has 1 aliphatic heterocycles. The van der Waals surface area contributed by atoms with Crippen LogP contribution < -0.4 is 0 Å². The largest absolute Gasteiger partial charge is 0.393 e. The van der Waals surface area contributed by atoms with Crippen LogP contribution in [0, 0.1) is 5.92 Å². The van der Waals surface area contributed by atoms with Gasteiger partial charge >= 0.3 is 0 Å². The Hall–Kier alpha value is -0.860. The Labute approximate surface area is 103 Å². The van der Waals surface area contributed by atoms with Gasteiger partial charge in [-0.05, 0) is 37.2 Å². The van der Waals surface area contributed by atoms with Gasteiger partial charge in [-0.2, -0.15) is 0 Å². The predicted molar refractivity (Wildman–Crippen MR) is 66.9 cm³/mol. The first-order chi connectivity index (χ1) is 8.31. The number of aliphatic hydroxyl groups excluding tert-OH is 1. The summed E-state index contributed by atoms with van der Waals surface area (Å²) in [6.45, 7) is 1.72. The summed E-state index contributed by atoms with van der Waals surface area (Å²) in [6, 6.07) is 10.8. The lowest BCUT2D eigenvalue weighted by atomic mass is 9.63. The second kappa shape index (κ2) is 4.43. The smallest absolute Gasteiger partial charge is 0.0588 e. The van der Waals surface area contributed by atoms with Gasteiger partial charge in [-0.1, -0.05) is 30.3 Å². The molecule has 2 fully saturated rings. The second-order valence-corrected chi connectivity index (χ2v) is 5.52. The van der Waals surface area contributed by atoms with Crippen molar-refractivity contribution in [1.82, 2.24) is 0 Å². The number of ether oxygens (including phenoxy) is 1. The van der Waals surface area contributed by atoms with Crippen LogP contribution in [0.5, 0.6) is 0 Å². The van der Waals surface area contributed by atoms with E-state index in [9.17, 15) is 5.11 Å². The molecule has 1 saturated heterocycles. The highest BCUT2D eigenvalue weighted by molar-refractivity contribution is 5.29. The van der Waals surface area contributed by atoms with E-state index in [4.69, 9.17) is 4.74 Å². The fourth-order valence-electron chi connectivity index (χ4n) is 3.36. The molecule has 1 aromatic rings. The Morgan fingerprint density at radius 1 is 1.00 bits per heavy atom. The maximum Gasteiger partial charge on any atom is 0.0588 e. The SMILES string of the molecule is OC1CCC(C2(c3ccccc3)COC2)CC1. The molecule has 2 aliphatic rings. The van der Waals surface area contributed by atoms with E-state index < -0.39 is 0 Å². The van der Waals surface area contributed by atoms with Gasteiger partial charge in [0, 0.05) is 5.41 Å². The quantitative estimate of drug-likeness (QED) is 0.849. The van der Waals surface area contributed by atoms with Crippen molar-refractivity contribution in [3.05, 3.63) is 35.9 Å². The number of aliphatic hydroxyl groups is 1.